The van der Waals surface area contributed by atoms with E-state index in [1.54, 1.807) is 28.9 Å². The van der Waals surface area contributed by atoms with Crippen molar-refractivity contribution in [3.05, 3.63) is 101 Å². The number of carbonyl (C=O) groups is 1. The van der Waals surface area contributed by atoms with Gasteiger partial charge in [0.2, 0.25) is 11.7 Å². The smallest absolute Gasteiger partial charge is 0.347 e. The molecule has 0 aliphatic rings. The van der Waals surface area contributed by atoms with Gasteiger partial charge in [0.15, 0.2) is 5.82 Å². The molecule has 0 saturated carbocycles. The van der Waals surface area contributed by atoms with Gasteiger partial charge in [0, 0.05) is 17.3 Å². The number of imidazole rings is 1. The number of aromatic nitrogens is 3. The lowest BCUT2D eigenvalue weighted by Gasteiger charge is -2.04. The Kier molecular flexibility index (Phi) is 3.62. The van der Waals surface area contributed by atoms with E-state index in [1.165, 1.54) is 6.07 Å². The molecule has 0 saturated heterocycles. The fraction of sp³-hybridized carbons (Fsp3) is 0. The monoisotopic (exact) mass is 367 g/mol. The Morgan fingerprint density at radius 1 is 0.964 bits per heavy atom. The van der Waals surface area contributed by atoms with Crippen LogP contribution in [0.3, 0.4) is 0 Å². The van der Waals surface area contributed by atoms with E-state index < -0.39 is 5.63 Å². The molecule has 2 aromatic carbocycles. The average molecular weight is 367 g/mol. The van der Waals surface area contributed by atoms with Gasteiger partial charge in [-0.25, -0.2) is 14.8 Å². The molecule has 6 nitrogen and oxygen atoms in total. The fourth-order valence-corrected chi connectivity index (χ4v) is 3.16. The third-order valence-electron chi connectivity index (χ3n) is 4.55. The van der Waals surface area contributed by atoms with Gasteiger partial charge < -0.3 is 4.42 Å². The zero-order chi connectivity index (χ0) is 19.1. The summed E-state index contributed by atoms with van der Waals surface area (Å²) in [4.78, 5) is 34.1. The minimum atomic E-state index is -0.536. The summed E-state index contributed by atoms with van der Waals surface area (Å²) in [5, 5.41) is 0.256. The van der Waals surface area contributed by atoms with Gasteiger partial charge in [-0.3, -0.25) is 9.20 Å². The number of ketones is 1. The normalized spacial score (nSPS) is 11.1. The fourth-order valence-electron chi connectivity index (χ4n) is 3.16. The van der Waals surface area contributed by atoms with Crippen LogP contribution in [0.1, 0.15) is 16.2 Å². The van der Waals surface area contributed by atoms with Gasteiger partial charge in [-0.15, -0.1) is 0 Å². The summed E-state index contributed by atoms with van der Waals surface area (Å²) >= 11 is 0. The highest BCUT2D eigenvalue weighted by Gasteiger charge is 2.17. The molecule has 0 spiro atoms. The number of benzene rings is 2. The van der Waals surface area contributed by atoms with Crippen molar-refractivity contribution >= 4 is 22.2 Å². The molecule has 0 bridgehead atoms. The van der Waals surface area contributed by atoms with Crippen molar-refractivity contribution in [2.75, 3.05) is 0 Å². The second-order valence-electron chi connectivity index (χ2n) is 6.31. The molecule has 6 heteroatoms. The SMILES string of the molecule is O=C(c1ccc2nc(-c3ccccc3)oc(=O)c2c1)c1ncc2ccccn12. The lowest BCUT2D eigenvalue weighted by atomic mass is 10.1. The lowest BCUT2D eigenvalue weighted by molar-refractivity contribution is 0.102. The van der Waals surface area contributed by atoms with Crippen LogP contribution < -0.4 is 5.63 Å². The van der Waals surface area contributed by atoms with E-state index in [1.807, 2.05) is 48.5 Å². The van der Waals surface area contributed by atoms with Crippen LogP contribution in [0.15, 0.2) is 88.3 Å². The van der Waals surface area contributed by atoms with E-state index in [0.717, 1.165) is 5.52 Å². The molecule has 0 radical (unpaired) electrons. The Hall–Kier alpha value is -4.06. The van der Waals surface area contributed by atoms with Gasteiger partial charge in [-0.05, 0) is 42.5 Å². The zero-order valence-corrected chi connectivity index (χ0v) is 14.6. The highest BCUT2D eigenvalue weighted by molar-refractivity contribution is 6.08. The standard InChI is InChI=1S/C22H13N3O3/c26-19(20-23-13-16-8-4-5-11-25(16)20)15-9-10-18-17(12-15)22(27)28-21(24-18)14-6-2-1-3-7-14/h1-13H. The molecular formula is C22H13N3O3. The third-order valence-corrected chi connectivity index (χ3v) is 4.55. The highest BCUT2D eigenvalue weighted by atomic mass is 16.4. The summed E-state index contributed by atoms with van der Waals surface area (Å²) in [6.07, 6.45) is 3.41. The molecule has 3 aromatic heterocycles. The Bertz CT molecular complexity index is 1400. The minimum absolute atomic E-state index is 0.247. The second-order valence-corrected chi connectivity index (χ2v) is 6.31. The Balaban J connectivity index is 1.61. The number of hydrogen-bond donors (Lipinski definition) is 0. The largest absolute Gasteiger partial charge is 0.403 e. The molecule has 0 unspecified atom stereocenters. The number of rotatable bonds is 3. The summed E-state index contributed by atoms with van der Waals surface area (Å²) in [6.45, 7) is 0. The molecule has 0 aliphatic carbocycles. The second kappa shape index (κ2) is 6.28. The van der Waals surface area contributed by atoms with Crippen LogP contribution in [0, 0.1) is 0 Å². The van der Waals surface area contributed by atoms with Crippen LogP contribution >= 0.6 is 0 Å². The van der Waals surface area contributed by atoms with Crippen LogP contribution in [-0.4, -0.2) is 20.2 Å². The zero-order valence-electron chi connectivity index (χ0n) is 14.6. The Morgan fingerprint density at radius 2 is 1.79 bits per heavy atom. The first-order valence-corrected chi connectivity index (χ1v) is 8.68. The van der Waals surface area contributed by atoms with Crippen LogP contribution in [0.5, 0.6) is 0 Å². The lowest BCUT2D eigenvalue weighted by Crippen LogP contribution is -2.09. The summed E-state index contributed by atoms with van der Waals surface area (Å²) in [6, 6.07) is 19.6. The Morgan fingerprint density at radius 3 is 2.64 bits per heavy atom. The van der Waals surface area contributed by atoms with Crippen LogP contribution in [0.4, 0.5) is 0 Å². The summed E-state index contributed by atoms with van der Waals surface area (Å²) in [7, 11) is 0. The number of hydrogen-bond acceptors (Lipinski definition) is 5. The van der Waals surface area contributed by atoms with Crippen molar-refractivity contribution in [3.63, 3.8) is 0 Å². The maximum absolute atomic E-state index is 12.9. The predicted molar refractivity (Wildman–Crippen MR) is 104 cm³/mol. The topological polar surface area (TPSA) is 77.5 Å². The summed E-state index contributed by atoms with van der Waals surface area (Å²) < 4.78 is 7.09. The predicted octanol–water partition coefficient (Wildman–Crippen LogP) is 3.73. The molecule has 0 N–H and O–H groups in total. The molecule has 3 heterocycles. The van der Waals surface area contributed by atoms with Gasteiger partial charge >= 0.3 is 5.63 Å². The number of fused-ring (bicyclic) bond motifs is 2. The number of pyridine rings is 1. The quantitative estimate of drug-likeness (QED) is 0.454. The van der Waals surface area contributed by atoms with Crippen LogP contribution in [0.25, 0.3) is 27.9 Å². The van der Waals surface area contributed by atoms with Gasteiger partial charge in [-0.1, -0.05) is 24.3 Å². The summed E-state index contributed by atoms with van der Waals surface area (Å²) in [5.74, 6) is 0.254. The molecule has 5 aromatic rings. The van der Waals surface area contributed by atoms with Crippen molar-refractivity contribution < 1.29 is 9.21 Å². The van der Waals surface area contributed by atoms with E-state index in [4.69, 9.17) is 4.42 Å². The van der Waals surface area contributed by atoms with Crippen molar-refractivity contribution in [1.82, 2.24) is 14.4 Å². The number of carbonyl (C=O) groups excluding carboxylic acids is 1. The van der Waals surface area contributed by atoms with E-state index in [9.17, 15) is 9.59 Å². The summed E-state index contributed by atoms with van der Waals surface area (Å²) in [5.41, 5.74) is 1.82. The van der Waals surface area contributed by atoms with Gasteiger partial charge in [0.25, 0.3) is 0 Å². The number of nitrogens with zero attached hydrogens (tertiary/aromatic N) is 3. The average Bonchev–Trinajstić information content (AvgIpc) is 3.18. The van der Waals surface area contributed by atoms with E-state index in [2.05, 4.69) is 9.97 Å². The molecule has 0 atom stereocenters. The van der Waals surface area contributed by atoms with Crippen LogP contribution in [0.2, 0.25) is 0 Å². The first kappa shape index (κ1) is 16.1. The molecule has 0 amide bonds. The molecule has 0 fully saturated rings. The van der Waals surface area contributed by atoms with Crippen molar-refractivity contribution in [2.24, 2.45) is 0 Å². The Labute approximate surface area is 158 Å². The van der Waals surface area contributed by atoms with E-state index in [0.29, 0.717) is 16.6 Å². The molecule has 5 rings (SSSR count). The maximum Gasteiger partial charge on any atom is 0.347 e. The van der Waals surface area contributed by atoms with Gasteiger partial charge in [0.05, 0.1) is 22.6 Å². The molecule has 134 valence electrons. The van der Waals surface area contributed by atoms with Crippen LogP contribution in [-0.2, 0) is 0 Å². The molecule has 0 aliphatic heterocycles. The van der Waals surface area contributed by atoms with Crippen molar-refractivity contribution in [2.45, 2.75) is 0 Å². The maximum atomic E-state index is 12.9. The molecule has 28 heavy (non-hydrogen) atoms. The first-order valence-electron chi connectivity index (χ1n) is 8.68. The van der Waals surface area contributed by atoms with E-state index >= 15 is 0 Å². The van der Waals surface area contributed by atoms with Gasteiger partial charge in [-0.2, -0.15) is 0 Å². The highest BCUT2D eigenvalue weighted by Crippen LogP contribution is 2.20. The first-order chi connectivity index (χ1) is 13.7. The van der Waals surface area contributed by atoms with Crippen molar-refractivity contribution in [3.8, 4) is 11.5 Å². The minimum Gasteiger partial charge on any atom is -0.403 e. The van der Waals surface area contributed by atoms with Gasteiger partial charge in [0.1, 0.15) is 0 Å². The third kappa shape index (κ3) is 2.59. The van der Waals surface area contributed by atoms with Crippen molar-refractivity contribution in [1.29, 1.82) is 0 Å². The molecular weight excluding hydrogens is 354 g/mol. The van der Waals surface area contributed by atoms with E-state index in [-0.39, 0.29) is 22.9 Å².